The van der Waals surface area contributed by atoms with Crippen molar-refractivity contribution in [2.45, 2.75) is 32.3 Å². The molecule has 3 unspecified atom stereocenters. The van der Waals surface area contributed by atoms with Gasteiger partial charge >= 0.3 is 0 Å². The molecular weight excluding hydrogens is 254 g/mol. The maximum absolute atomic E-state index is 12.4. The van der Waals surface area contributed by atoms with Crippen molar-refractivity contribution in [2.24, 2.45) is 5.92 Å². The van der Waals surface area contributed by atoms with Crippen LogP contribution in [0.15, 0.2) is 30.3 Å². The van der Waals surface area contributed by atoms with Crippen LogP contribution in [0.5, 0.6) is 0 Å². The van der Waals surface area contributed by atoms with Gasteiger partial charge in [-0.05, 0) is 11.5 Å². The number of carbonyl (C=O) groups excluding carboxylic acids is 1. The maximum atomic E-state index is 12.4. The average molecular weight is 279 g/mol. The van der Waals surface area contributed by atoms with Crippen LogP contribution in [-0.4, -0.2) is 37.4 Å². The summed E-state index contributed by atoms with van der Waals surface area (Å²) >= 11 is 0. The van der Waals surface area contributed by atoms with E-state index in [1.165, 1.54) is 7.11 Å². The fourth-order valence-electron chi connectivity index (χ4n) is 2.21. The number of carbonyl (C=O) groups is 1. The van der Waals surface area contributed by atoms with Gasteiger partial charge in [-0.1, -0.05) is 50.6 Å². The molecule has 2 N–H and O–H groups in total. The third kappa shape index (κ3) is 4.94. The maximum Gasteiger partial charge on any atom is 0.227 e. The van der Waals surface area contributed by atoms with Gasteiger partial charge in [-0.2, -0.15) is 0 Å². The van der Waals surface area contributed by atoms with Crippen molar-refractivity contribution in [1.29, 1.82) is 0 Å². The first-order valence-electron chi connectivity index (χ1n) is 7.09. The summed E-state index contributed by atoms with van der Waals surface area (Å²) in [6, 6.07) is 9.77. The number of rotatable bonds is 8. The standard InChI is InChI=1S/C16H25NO3/c1-4-12(2)15(13-8-6-5-7-9-13)16(19)17-10-14(18)11-20-3/h5-9,12,14-15,18H,4,10-11H2,1-3H3,(H,17,19). The molecule has 0 saturated heterocycles. The number of hydrogen-bond donors (Lipinski definition) is 2. The van der Waals surface area contributed by atoms with Crippen molar-refractivity contribution in [3.8, 4) is 0 Å². The Hall–Kier alpha value is -1.39. The number of amides is 1. The summed E-state index contributed by atoms with van der Waals surface area (Å²) in [6.07, 6.45) is 0.255. The molecule has 112 valence electrons. The summed E-state index contributed by atoms with van der Waals surface area (Å²) < 4.78 is 4.85. The highest BCUT2D eigenvalue weighted by molar-refractivity contribution is 5.84. The van der Waals surface area contributed by atoms with Crippen LogP contribution in [0.4, 0.5) is 0 Å². The zero-order chi connectivity index (χ0) is 15.0. The molecular formula is C16H25NO3. The van der Waals surface area contributed by atoms with E-state index in [9.17, 15) is 9.90 Å². The van der Waals surface area contributed by atoms with Gasteiger partial charge in [0.05, 0.1) is 18.6 Å². The second-order valence-corrected chi connectivity index (χ2v) is 5.13. The van der Waals surface area contributed by atoms with Crippen molar-refractivity contribution in [3.05, 3.63) is 35.9 Å². The largest absolute Gasteiger partial charge is 0.389 e. The lowest BCUT2D eigenvalue weighted by atomic mass is 9.85. The Morgan fingerprint density at radius 1 is 1.35 bits per heavy atom. The van der Waals surface area contributed by atoms with E-state index in [1.807, 2.05) is 30.3 Å². The number of methoxy groups -OCH3 is 1. The number of aliphatic hydroxyl groups excluding tert-OH is 1. The summed E-state index contributed by atoms with van der Waals surface area (Å²) in [5, 5.41) is 12.4. The van der Waals surface area contributed by atoms with Crippen molar-refractivity contribution in [1.82, 2.24) is 5.32 Å². The van der Waals surface area contributed by atoms with Crippen molar-refractivity contribution >= 4 is 5.91 Å². The van der Waals surface area contributed by atoms with Crippen LogP contribution in [-0.2, 0) is 9.53 Å². The van der Waals surface area contributed by atoms with Crippen LogP contribution in [0.1, 0.15) is 31.7 Å². The average Bonchev–Trinajstić information content (AvgIpc) is 2.46. The lowest BCUT2D eigenvalue weighted by Gasteiger charge is -2.23. The Morgan fingerprint density at radius 3 is 2.55 bits per heavy atom. The summed E-state index contributed by atoms with van der Waals surface area (Å²) in [5.41, 5.74) is 1.01. The number of ether oxygens (including phenoxy) is 1. The fourth-order valence-corrected chi connectivity index (χ4v) is 2.21. The molecule has 4 nitrogen and oxygen atoms in total. The molecule has 1 amide bonds. The molecule has 0 spiro atoms. The van der Waals surface area contributed by atoms with Gasteiger partial charge in [0.15, 0.2) is 0 Å². The Bertz CT molecular complexity index is 394. The molecule has 0 aliphatic rings. The number of hydrogen-bond acceptors (Lipinski definition) is 3. The monoisotopic (exact) mass is 279 g/mol. The van der Waals surface area contributed by atoms with Gasteiger partial charge in [-0.25, -0.2) is 0 Å². The van der Waals surface area contributed by atoms with Gasteiger partial charge in [-0.15, -0.1) is 0 Å². The third-order valence-electron chi connectivity index (χ3n) is 3.53. The van der Waals surface area contributed by atoms with Crippen LogP contribution in [0.25, 0.3) is 0 Å². The quantitative estimate of drug-likeness (QED) is 0.764. The molecule has 0 saturated carbocycles. The number of benzene rings is 1. The molecule has 0 aromatic heterocycles. The predicted octanol–water partition coefficient (Wildman–Crippen LogP) is 1.94. The van der Waals surface area contributed by atoms with E-state index in [2.05, 4.69) is 19.2 Å². The van der Waals surface area contributed by atoms with Gasteiger partial charge in [0, 0.05) is 13.7 Å². The van der Waals surface area contributed by atoms with Gasteiger partial charge in [-0.3, -0.25) is 4.79 Å². The van der Waals surface area contributed by atoms with Gasteiger partial charge in [0.1, 0.15) is 0 Å². The van der Waals surface area contributed by atoms with E-state index >= 15 is 0 Å². The van der Waals surface area contributed by atoms with E-state index in [0.717, 1.165) is 12.0 Å². The van der Waals surface area contributed by atoms with Crippen molar-refractivity contribution in [3.63, 3.8) is 0 Å². The zero-order valence-corrected chi connectivity index (χ0v) is 12.5. The van der Waals surface area contributed by atoms with Crippen molar-refractivity contribution in [2.75, 3.05) is 20.3 Å². The van der Waals surface area contributed by atoms with Gasteiger partial charge < -0.3 is 15.2 Å². The summed E-state index contributed by atoms with van der Waals surface area (Å²) in [7, 11) is 1.52. The van der Waals surface area contributed by atoms with Crippen LogP contribution < -0.4 is 5.32 Å². The molecule has 0 fully saturated rings. The lowest BCUT2D eigenvalue weighted by molar-refractivity contribution is -0.124. The lowest BCUT2D eigenvalue weighted by Crippen LogP contribution is -2.38. The third-order valence-corrected chi connectivity index (χ3v) is 3.53. The van der Waals surface area contributed by atoms with E-state index in [-0.39, 0.29) is 30.9 Å². The molecule has 0 aliphatic heterocycles. The Kier molecular flexibility index (Phi) is 7.26. The highest BCUT2D eigenvalue weighted by Gasteiger charge is 2.25. The first-order valence-corrected chi connectivity index (χ1v) is 7.09. The molecule has 20 heavy (non-hydrogen) atoms. The van der Waals surface area contributed by atoms with E-state index in [4.69, 9.17) is 4.74 Å². The highest BCUT2D eigenvalue weighted by Crippen LogP contribution is 2.27. The Balaban J connectivity index is 2.71. The van der Waals surface area contributed by atoms with E-state index in [0.29, 0.717) is 0 Å². The first kappa shape index (κ1) is 16.7. The molecule has 0 radical (unpaired) electrons. The van der Waals surface area contributed by atoms with Gasteiger partial charge in [0.2, 0.25) is 5.91 Å². The Morgan fingerprint density at radius 2 is 2.00 bits per heavy atom. The summed E-state index contributed by atoms with van der Waals surface area (Å²) in [6.45, 7) is 4.59. The predicted molar refractivity (Wildman–Crippen MR) is 79.5 cm³/mol. The smallest absolute Gasteiger partial charge is 0.227 e. The molecule has 1 aromatic rings. The normalized spacial score (nSPS) is 15.4. The fraction of sp³-hybridized carbons (Fsp3) is 0.562. The number of nitrogens with one attached hydrogen (secondary N) is 1. The van der Waals surface area contributed by atoms with Crippen LogP contribution >= 0.6 is 0 Å². The summed E-state index contributed by atoms with van der Waals surface area (Å²) in [4.78, 5) is 12.4. The second-order valence-electron chi connectivity index (χ2n) is 5.13. The molecule has 3 atom stereocenters. The zero-order valence-electron chi connectivity index (χ0n) is 12.5. The minimum absolute atomic E-state index is 0.0410. The first-order chi connectivity index (χ1) is 9.60. The molecule has 1 rings (SSSR count). The summed E-state index contributed by atoms with van der Waals surface area (Å²) in [5.74, 6) is 0.0219. The van der Waals surface area contributed by atoms with Crippen LogP contribution in [0, 0.1) is 5.92 Å². The SMILES string of the molecule is CCC(C)C(C(=O)NCC(O)COC)c1ccccc1. The van der Waals surface area contributed by atoms with Gasteiger partial charge in [0.25, 0.3) is 0 Å². The molecule has 0 bridgehead atoms. The molecule has 1 aromatic carbocycles. The number of aliphatic hydroxyl groups is 1. The second kappa shape index (κ2) is 8.72. The van der Waals surface area contributed by atoms with E-state index in [1.54, 1.807) is 0 Å². The minimum Gasteiger partial charge on any atom is -0.389 e. The molecule has 4 heteroatoms. The van der Waals surface area contributed by atoms with Crippen LogP contribution in [0.2, 0.25) is 0 Å². The Labute approximate surface area is 121 Å². The molecule has 0 heterocycles. The topological polar surface area (TPSA) is 58.6 Å². The van der Waals surface area contributed by atoms with E-state index < -0.39 is 6.10 Å². The minimum atomic E-state index is -0.669. The van der Waals surface area contributed by atoms with Crippen molar-refractivity contribution < 1.29 is 14.6 Å². The molecule has 0 aliphatic carbocycles. The highest BCUT2D eigenvalue weighted by atomic mass is 16.5. The van der Waals surface area contributed by atoms with Crippen LogP contribution in [0.3, 0.4) is 0 Å².